The molecule has 1 amide bonds. The molecule has 0 atom stereocenters. The molecule has 3 aromatic rings. The number of H-pyrrole nitrogens is 1. The second kappa shape index (κ2) is 10.2. The lowest BCUT2D eigenvalue weighted by Gasteiger charge is -2.20. The topological polar surface area (TPSA) is 82.6 Å². The van der Waals surface area contributed by atoms with Crippen molar-refractivity contribution in [3.63, 3.8) is 0 Å². The Labute approximate surface area is 176 Å². The first-order valence-corrected chi connectivity index (χ1v) is 10.1. The van der Waals surface area contributed by atoms with Gasteiger partial charge in [0.15, 0.2) is 0 Å². The number of hydrazone groups is 1. The maximum atomic E-state index is 12.3. The predicted molar refractivity (Wildman–Crippen MR) is 120 cm³/mol. The summed E-state index contributed by atoms with van der Waals surface area (Å²) < 4.78 is 5.44. The van der Waals surface area contributed by atoms with Gasteiger partial charge in [0.25, 0.3) is 5.91 Å². The zero-order valence-corrected chi connectivity index (χ0v) is 17.6. The molecule has 1 aromatic heterocycles. The standard InChI is InChI=1S/C23H27N5O2/c1-4-28(5-2)19-11-7-17(8-12-19)16-24-27-23(29)22-15-21(25-26-22)18-9-13-20(14-10-18)30-6-3/h7-16H,4-6H2,1-3H3,(H,25,26)(H,27,29)/b24-16-. The van der Waals surface area contributed by atoms with Crippen LogP contribution in [0.4, 0.5) is 5.69 Å². The van der Waals surface area contributed by atoms with E-state index in [4.69, 9.17) is 4.74 Å². The summed E-state index contributed by atoms with van der Waals surface area (Å²) in [5, 5.41) is 11.0. The van der Waals surface area contributed by atoms with E-state index in [1.54, 1.807) is 12.3 Å². The Balaban J connectivity index is 1.59. The van der Waals surface area contributed by atoms with Gasteiger partial charge in [-0.1, -0.05) is 12.1 Å². The molecule has 0 saturated carbocycles. The van der Waals surface area contributed by atoms with E-state index >= 15 is 0 Å². The molecule has 1 heterocycles. The van der Waals surface area contributed by atoms with Crippen molar-refractivity contribution in [1.29, 1.82) is 0 Å². The summed E-state index contributed by atoms with van der Waals surface area (Å²) >= 11 is 0. The molecule has 2 aromatic carbocycles. The van der Waals surface area contributed by atoms with Crippen LogP contribution in [-0.2, 0) is 0 Å². The summed E-state index contributed by atoms with van der Waals surface area (Å²) in [6, 6.07) is 17.3. The van der Waals surface area contributed by atoms with Gasteiger partial charge in [0, 0.05) is 24.3 Å². The second-order valence-electron chi connectivity index (χ2n) is 6.59. The summed E-state index contributed by atoms with van der Waals surface area (Å²) in [7, 11) is 0. The lowest BCUT2D eigenvalue weighted by Crippen LogP contribution is -2.21. The largest absolute Gasteiger partial charge is 0.494 e. The van der Waals surface area contributed by atoms with E-state index in [0.29, 0.717) is 18.0 Å². The van der Waals surface area contributed by atoms with Crippen molar-refractivity contribution in [3.05, 3.63) is 65.9 Å². The van der Waals surface area contributed by atoms with E-state index in [9.17, 15) is 4.79 Å². The van der Waals surface area contributed by atoms with Crippen molar-refractivity contribution >= 4 is 17.8 Å². The fourth-order valence-electron chi connectivity index (χ4n) is 3.06. The summed E-state index contributed by atoms with van der Waals surface area (Å²) in [5.41, 5.74) is 6.52. The van der Waals surface area contributed by atoms with Gasteiger partial charge in [-0.2, -0.15) is 10.2 Å². The number of nitrogens with zero attached hydrogens (tertiary/aromatic N) is 3. The van der Waals surface area contributed by atoms with Crippen LogP contribution in [0.5, 0.6) is 5.75 Å². The number of nitrogens with one attached hydrogen (secondary N) is 2. The average molecular weight is 406 g/mol. The molecular formula is C23H27N5O2. The smallest absolute Gasteiger partial charge is 0.289 e. The molecule has 0 aliphatic rings. The number of benzene rings is 2. The molecule has 0 saturated heterocycles. The lowest BCUT2D eigenvalue weighted by atomic mass is 10.1. The molecule has 3 rings (SSSR count). The van der Waals surface area contributed by atoms with Crippen LogP contribution in [0.25, 0.3) is 11.3 Å². The molecule has 2 N–H and O–H groups in total. The van der Waals surface area contributed by atoms with Crippen LogP contribution in [0.15, 0.2) is 59.7 Å². The van der Waals surface area contributed by atoms with E-state index in [-0.39, 0.29) is 5.91 Å². The molecule has 7 heteroatoms. The molecule has 0 spiro atoms. The van der Waals surface area contributed by atoms with Crippen LogP contribution in [-0.4, -0.2) is 42.0 Å². The summed E-state index contributed by atoms with van der Waals surface area (Å²) in [6.07, 6.45) is 1.62. The number of amides is 1. The lowest BCUT2D eigenvalue weighted by molar-refractivity contribution is 0.0950. The number of rotatable bonds is 9. The van der Waals surface area contributed by atoms with Gasteiger partial charge in [-0.05, 0) is 68.8 Å². The molecular weight excluding hydrogens is 378 g/mol. The van der Waals surface area contributed by atoms with Gasteiger partial charge >= 0.3 is 0 Å². The number of aromatic amines is 1. The average Bonchev–Trinajstić information content (AvgIpc) is 3.27. The van der Waals surface area contributed by atoms with Crippen LogP contribution >= 0.6 is 0 Å². The number of aromatic nitrogens is 2. The highest BCUT2D eigenvalue weighted by atomic mass is 16.5. The Morgan fingerprint density at radius 3 is 2.43 bits per heavy atom. The Hall–Kier alpha value is -3.61. The molecule has 0 bridgehead atoms. The summed E-state index contributed by atoms with van der Waals surface area (Å²) in [4.78, 5) is 14.6. The monoisotopic (exact) mass is 405 g/mol. The number of carbonyl (C=O) groups is 1. The van der Waals surface area contributed by atoms with E-state index in [1.165, 1.54) is 5.69 Å². The highest BCUT2D eigenvalue weighted by molar-refractivity contribution is 5.94. The molecule has 30 heavy (non-hydrogen) atoms. The summed E-state index contributed by atoms with van der Waals surface area (Å²) in [6.45, 7) is 8.74. The Bertz CT molecular complexity index is 974. The maximum absolute atomic E-state index is 12.3. The molecule has 0 aliphatic heterocycles. The van der Waals surface area contributed by atoms with E-state index in [1.807, 2.05) is 55.5 Å². The number of hydrogen-bond donors (Lipinski definition) is 2. The Morgan fingerprint density at radius 2 is 1.80 bits per heavy atom. The quantitative estimate of drug-likeness (QED) is 0.415. The third-order valence-electron chi connectivity index (χ3n) is 4.68. The van der Waals surface area contributed by atoms with Gasteiger partial charge in [0.2, 0.25) is 0 Å². The van der Waals surface area contributed by atoms with Gasteiger partial charge in [0.05, 0.1) is 18.5 Å². The van der Waals surface area contributed by atoms with Crippen LogP contribution in [0.2, 0.25) is 0 Å². The normalized spacial score (nSPS) is 10.9. The fourth-order valence-corrected chi connectivity index (χ4v) is 3.06. The molecule has 7 nitrogen and oxygen atoms in total. The van der Waals surface area contributed by atoms with E-state index < -0.39 is 0 Å². The number of carbonyl (C=O) groups excluding carboxylic acids is 1. The SMILES string of the molecule is CCOc1ccc(-c2cc(C(=O)N/N=C\c3ccc(N(CC)CC)cc3)[nH]n2)cc1. The van der Waals surface area contributed by atoms with Crippen LogP contribution < -0.4 is 15.1 Å². The molecule has 0 radical (unpaired) electrons. The van der Waals surface area contributed by atoms with Crippen molar-refractivity contribution in [1.82, 2.24) is 15.6 Å². The zero-order valence-electron chi connectivity index (χ0n) is 17.6. The van der Waals surface area contributed by atoms with Crippen LogP contribution in [0, 0.1) is 0 Å². The first-order chi connectivity index (χ1) is 14.6. The zero-order chi connectivity index (χ0) is 21.3. The van der Waals surface area contributed by atoms with Gasteiger partial charge in [0.1, 0.15) is 11.4 Å². The fraction of sp³-hybridized carbons (Fsp3) is 0.261. The number of anilines is 1. The minimum atomic E-state index is -0.351. The van der Waals surface area contributed by atoms with Crippen molar-refractivity contribution in [2.75, 3.05) is 24.6 Å². The van der Waals surface area contributed by atoms with Crippen molar-refractivity contribution in [2.24, 2.45) is 5.10 Å². The third kappa shape index (κ3) is 5.26. The maximum Gasteiger partial charge on any atom is 0.289 e. The van der Waals surface area contributed by atoms with E-state index in [0.717, 1.165) is 30.0 Å². The summed E-state index contributed by atoms with van der Waals surface area (Å²) in [5.74, 6) is 0.449. The van der Waals surface area contributed by atoms with Crippen molar-refractivity contribution in [2.45, 2.75) is 20.8 Å². The molecule has 0 fully saturated rings. The minimum Gasteiger partial charge on any atom is -0.494 e. The van der Waals surface area contributed by atoms with Crippen LogP contribution in [0.1, 0.15) is 36.8 Å². The first-order valence-electron chi connectivity index (χ1n) is 10.1. The van der Waals surface area contributed by atoms with Gasteiger partial charge in [-0.3, -0.25) is 9.89 Å². The first kappa shape index (κ1) is 21.1. The predicted octanol–water partition coefficient (Wildman–Crippen LogP) is 4.09. The van der Waals surface area contributed by atoms with Gasteiger partial charge in [-0.15, -0.1) is 0 Å². The van der Waals surface area contributed by atoms with Gasteiger partial charge < -0.3 is 9.64 Å². The van der Waals surface area contributed by atoms with Crippen LogP contribution in [0.3, 0.4) is 0 Å². The number of hydrogen-bond acceptors (Lipinski definition) is 5. The highest BCUT2D eigenvalue weighted by Gasteiger charge is 2.10. The number of ether oxygens (including phenoxy) is 1. The molecule has 156 valence electrons. The van der Waals surface area contributed by atoms with Crippen molar-refractivity contribution in [3.8, 4) is 17.0 Å². The second-order valence-corrected chi connectivity index (χ2v) is 6.59. The highest BCUT2D eigenvalue weighted by Crippen LogP contribution is 2.21. The molecule has 0 aliphatic carbocycles. The molecule has 0 unspecified atom stereocenters. The van der Waals surface area contributed by atoms with Crippen molar-refractivity contribution < 1.29 is 9.53 Å². The minimum absolute atomic E-state index is 0.341. The Morgan fingerprint density at radius 1 is 1.10 bits per heavy atom. The van der Waals surface area contributed by atoms with E-state index in [2.05, 4.69) is 39.5 Å². The third-order valence-corrected chi connectivity index (χ3v) is 4.68. The van der Waals surface area contributed by atoms with Gasteiger partial charge in [-0.25, -0.2) is 5.43 Å². The Kier molecular flexibility index (Phi) is 7.21.